The van der Waals surface area contributed by atoms with Crippen molar-refractivity contribution in [3.63, 3.8) is 0 Å². The molecule has 2 rings (SSSR count). The third kappa shape index (κ3) is 6.40. The van der Waals surface area contributed by atoms with Gasteiger partial charge in [0.25, 0.3) is 5.91 Å². The number of ether oxygens (including phenoxy) is 1. The third-order valence-corrected chi connectivity index (χ3v) is 3.45. The zero-order chi connectivity index (χ0) is 21.8. The van der Waals surface area contributed by atoms with Gasteiger partial charge in [-0.25, -0.2) is 9.79 Å². The summed E-state index contributed by atoms with van der Waals surface area (Å²) in [5.41, 5.74) is -1.45. The first-order chi connectivity index (χ1) is 13.4. The first-order valence-corrected chi connectivity index (χ1v) is 8.45. The van der Waals surface area contributed by atoms with Gasteiger partial charge in [0.2, 0.25) is 5.96 Å². The Morgan fingerprint density at radius 2 is 1.76 bits per heavy atom. The summed E-state index contributed by atoms with van der Waals surface area (Å²) in [5.74, 6) is -1.11. The van der Waals surface area contributed by atoms with Crippen LogP contribution in [-0.4, -0.2) is 36.5 Å². The van der Waals surface area contributed by atoms with Crippen LogP contribution in [0.1, 0.15) is 36.7 Å². The topological polar surface area (TPSA) is 105 Å². The molecule has 156 valence electrons. The predicted octanol–water partition coefficient (Wildman–Crippen LogP) is 3.03. The van der Waals surface area contributed by atoms with Gasteiger partial charge in [0.15, 0.2) is 11.9 Å². The summed E-state index contributed by atoms with van der Waals surface area (Å²) in [6.07, 6.45) is -3.11. The molecule has 0 bridgehead atoms. The molecule has 0 spiro atoms. The number of hydrogen-bond acceptors (Lipinski definition) is 6. The SMILES string of the molecule is COC(=O)C1C=C(NC(=NC(C)(C)C)NC(=O)c2ccc(C(F)(F)F)cc2)N=N1. The number of aliphatic imine (C=N–C) groups is 1. The van der Waals surface area contributed by atoms with Crippen molar-refractivity contribution in [1.82, 2.24) is 10.6 Å². The number of rotatable bonds is 3. The van der Waals surface area contributed by atoms with Crippen LogP contribution in [0.2, 0.25) is 0 Å². The summed E-state index contributed by atoms with van der Waals surface area (Å²) in [4.78, 5) is 28.3. The zero-order valence-electron chi connectivity index (χ0n) is 16.2. The lowest BCUT2D eigenvalue weighted by molar-refractivity contribution is -0.141. The highest BCUT2D eigenvalue weighted by molar-refractivity contribution is 6.06. The maximum absolute atomic E-state index is 12.7. The lowest BCUT2D eigenvalue weighted by atomic mass is 10.1. The van der Waals surface area contributed by atoms with E-state index in [0.29, 0.717) is 0 Å². The van der Waals surface area contributed by atoms with Crippen LogP contribution in [-0.2, 0) is 15.7 Å². The minimum atomic E-state index is -4.49. The molecule has 0 fully saturated rings. The maximum atomic E-state index is 12.7. The fourth-order valence-electron chi connectivity index (χ4n) is 2.18. The van der Waals surface area contributed by atoms with Crippen molar-refractivity contribution in [3.8, 4) is 0 Å². The Kier molecular flexibility index (Phi) is 6.40. The fraction of sp³-hybridized carbons (Fsp3) is 0.389. The quantitative estimate of drug-likeness (QED) is 0.453. The average molecular weight is 411 g/mol. The maximum Gasteiger partial charge on any atom is 0.416 e. The van der Waals surface area contributed by atoms with Gasteiger partial charge in [-0.15, -0.1) is 5.11 Å². The van der Waals surface area contributed by atoms with E-state index >= 15 is 0 Å². The Hall–Kier alpha value is -3.24. The normalized spacial score (nSPS) is 17.0. The molecule has 29 heavy (non-hydrogen) atoms. The number of amides is 1. The first-order valence-electron chi connectivity index (χ1n) is 8.45. The van der Waals surface area contributed by atoms with Crippen molar-refractivity contribution in [1.29, 1.82) is 0 Å². The average Bonchev–Trinajstić information content (AvgIpc) is 3.07. The van der Waals surface area contributed by atoms with E-state index in [0.717, 1.165) is 24.3 Å². The van der Waals surface area contributed by atoms with Crippen LogP contribution in [0, 0.1) is 0 Å². The number of carbonyl (C=O) groups is 2. The molecule has 0 radical (unpaired) electrons. The molecular formula is C18H20F3N5O3. The Balaban J connectivity index is 2.17. The van der Waals surface area contributed by atoms with Crippen molar-refractivity contribution in [2.45, 2.75) is 38.5 Å². The molecule has 0 aromatic heterocycles. The van der Waals surface area contributed by atoms with Gasteiger partial charge in [0.05, 0.1) is 18.2 Å². The zero-order valence-corrected chi connectivity index (χ0v) is 16.2. The van der Waals surface area contributed by atoms with Gasteiger partial charge >= 0.3 is 12.1 Å². The number of esters is 1. The van der Waals surface area contributed by atoms with Crippen LogP contribution in [0.4, 0.5) is 13.2 Å². The monoisotopic (exact) mass is 411 g/mol. The highest BCUT2D eigenvalue weighted by atomic mass is 19.4. The third-order valence-electron chi connectivity index (χ3n) is 3.45. The molecule has 0 aliphatic carbocycles. The van der Waals surface area contributed by atoms with Crippen LogP contribution in [0.25, 0.3) is 0 Å². The van der Waals surface area contributed by atoms with Gasteiger partial charge in [-0.2, -0.15) is 18.3 Å². The molecule has 0 saturated heterocycles. The number of guanidine groups is 1. The van der Waals surface area contributed by atoms with Gasteiger partial charge in [-0.3, -0.25) is 10.1 Å². The molecule has 11 heteroatoms. The second kappa shape index (κ2) is 8.41. The number of methoxy groups -OCH3 is 1. The standard InChI is InChI=1S/C18H20F3N5O3/c1-17(2,3)24-16(22-13-9-12(25-26-13)15(28)29-4)23-14(27)10-5-7-11(8-6-10)18(19,20)21/h5-9,12H,1-4H3,(H2,22,23,24,27). The molecule has 2 N–H and O–H groups in total. The second-order valence-corrected chi connectivity index (χ2v) is 7.02. The fourth-order valence-corrected chi connectivity index (χ4v) is 2.18. The highest BCUT2D eigenvalue weighted by Gasteiger charge is 2.30. The van der Waals surface area contributed by atoms with E-state index in [1.807, 2.05) is 0 Å². The van der Waals surface area contributed by atoms with Crippen LogP contribution in [0.15, 0.2) is 51.4 Å². The van der Waals surface area contributed by atoms with E-state index in [1.54, 1.807) is 20.8 Å². The molecule has 1 atom stereocenters. The lowest BCUT2D eigenvalue weighted by Gasteiger charge is -2.17. The first kappa shape index (κ1) is 22.1. The Morgan fingerprint density at radius 1 is 1.14 bits per heavy atom. The van der Waals surface area contributed by atoms with Crippen molar-refractivity contribution in [3.05, 3.63) is 47.3 Å². The van der Waals surface area contributed by atoms with Gasteiger partial charge in [-0.1, -0.05) is 0 Å². The molecule has 1 aromatic carbocycles. The van der Waals surface area contributed by atoms with E-state index < -0.39 is 35.2 Å². The van der Waals surface area contributed by atoms with Gasteiger partial charge in [-0.05, 0) is 51.1 Å². The Bertz CT molecular complexity index is 868. The minimum Gasteiger partial charge on any atom is -0.467 e. The van der Waals surface area contributed by atoms with Crippen molar-refractivity contribution in [2.75, 3.05) is 7.11 Å². The summed E-state index contributed by atoms with van der Waals surface area (Å²) >= 11 is 0. The van der Waals surface area contributed by atoms with Gasteiger partial charge < -0.3 is 10.1 Å². The van der Waals surface area contributed by atoms with E-state index in [2.05, 4.69) is 30.6 Å². The summed E-state index contributed by atoms with van der Waals surface area (Å²) in [6, 6.07) is 2.85. The second-order valence-electron chi connectivity index (χ2n) is 7.02. The highest BCUT2D eigenvalue weighted by Crippen LogP contribution is 2.29. The molecule has 0 saturated carbocycles. The largest absolute Gasteiger partial charge is 0.467 e. The smallest absolute Gasteiger partial charge is 0.416 e. The van der Waals surface area contributed by atoms with E-state index in [4.69, 9.17) is 0 Å². The molecule has 1 amide bonds. The van der Waals surface area contributed by atoms with Crippen molar-refractivity contribution in [2.24, 2.45) is 15.2 Å². The number of nitrogens with one attached hydrogen (secondary N) is 2. The van der Waals surface area contributed by atoms with Crippen LogP contribution in [0.3, 0.4) is 0 Å². The number of hydrogen-bond donors (Lipinski definition) is 2. The van der Waals surface area contributed by atoms with Crippen LogP contribution >= 0.6 is 0 Å². The predicted molar refractivity (Wildman–Crippen MR) is 98.0 cm³/mol. The number of azo groups is 1. The van der Waals surface area contributed by atoms with Crippen LogP contribution in [0.5, 0.6) is 0 Å². The molecule has 1 aliphatic heterocycles. The number of alkyl halides is 3. The van der Waals surface area contributed by atoms with Crippen molar-refractivity contribution < 1.29 is 27.5 Å². The number of benzene rings is 1. The van der Waals surface area contributed by atoms with E-state index in [1.165, 1.54) is 13.2 Å². The molecule has 1 heterocycles. The summed E-state index contributed by atoms with van der Waals surface area (Å²) in [5, 5.41) is 12.8. The molecule has 1 aromatic rings. The van der Waals surface area contributed by atoms with Gasteiger partial charge in [0, 0.05) is 5.56 Å². The summed E-state index contributed by atoms with van der Waals surface area (Å²) in [6.45, 7) is 5.34. The van der Waals surface area contributed by atoms with E-state index in [-0.39, 0.29) is 17.3 Å². The Morgan fingerprint density at radius 3 is 2.28 bits per heavy atom. The summed E-state index contributed by atoms with van der Waals surface area (Å²) in [7, 11) is 1.22. The van der Waals surface area contributed by atoms with Crippen LogP contribution < -0.4 is 10.6 Å². The lowest BCUT2D eigenvalue weighted by Crippen LogP contribution is -2.42. The number of halogens is 3. The minimum absolute atomic E-state index is 0.00175. The van der Waals surface area contributed by atoms with Gasteiger partial charge in [0.1, 0.15) is 0 Å². The van der Waals surface area contributed by atoms with Crippen molar-refractivity contribution >= 4 is 17.8 Å². The molecule has 1 unspecified atom stereocenters. The molecular weight excluding hydrogens is 391 g/mol. The number of carbonyl (C=O) groups excluding carboxylic acids is 2. The molecule has 1 aliphatic rings. The van der Waals surface area contributed by atoms with E-state index in [9.17, 15) is 22.8 Å². The summed E-state index contributed by atoms with van der Waals surface area (Å²) < 4.78 is 42.6. The number of nitrogens with zero attached hydrogens (tertiary/aromatic N) is 3. The Labute approximate surface area is 164 Å². The molecule has 8 nitrogen and oxygen atoms in total.